The first-order chi connectivity index (χ1) is 9.93. The van der Waals surface area contributed by atoms with Gasteiger partial charge in [-0.15, -0.1) is 0 Å². The molecule has 3 N–H and O–H groups in total. The fourth-order valence-electron chi connectivity index (χ4n) is 1.80. The molecule has 0 saturated carbocycles. The van der Waals surface area contributed by atoms with Gasteiger partial charge in [-0.2, -0.15) is 4.98 Å². The average molecular weight is 294 g/mol. The van der Waals surface area contributed by atoms with Crippen molar-refractivity contribution in [1.82, 2.24) is 9.88 Å². The van der Waals surface area contributed by atoms with Crippen LogP contribution in [0.3, 0.4) is 0 Å². The minimum atomic E-state index is 0.451. The van der Waals surface area contributed by atoms with Crippen molar-refractivity contribution in [2.24, 2.45) is 5.92 Å². The minimum Gasteiger partial charge on any atom is -0.476 e. The Kier molecular flexibility index (Phi) is 7.29. The van der Waals surface area contributed by atoms with Gasteiger partial charge in [0.1, 0.15) is 5.82 Å². The van der Waals surface area contributed by atoms with E-state index in [2.05, 4.69) is 49.9 Å². The largest absolute Gasteiger partial charge is 0.476 e. The number of nitrogens with zero attached hydrogens (tertiary/aromatic N) is 2. The van der Waals surface area contributed by atoms with Crippen molar-refractivity contribution in [3.63, 3.8) is 0 Å². The van der Waals surface area contributed by atoms with Crippen molar-refractivity contribution in [2.45, 2.75) is 40.2 Å². The zero-order valence-corrected chi connectivity index (χ0v) is 14.0. The fourth-order valence-corrected chi connectivity index (χ4v) is 1.80. The molecule has 5 heteroatoms. The van der Waals surface area contributed by atoms with Crippen LogP contribution >= 0.6 is 0 Å². The fraction of sp³-hybridized carbons (Fsp3) is 0.688. The molecule has 0 saturated heterocycles. The molecule has 21 heavy (non-hydrogen) atoms. The van der Waals surface area contributed by atoms with Gasteiger partial charge in [0.25, 0.3) is 0 Å². The van der Waals surface area contributed by atoms with Gasteiger partial charge >= 0.3 is 0 Å². The summed E-state index contributed by atoms with van der Waals surface area (Å²) in [6.07, 6.45) is 1.16. The lowest BCUT2D eigenvalue weighted by Gasteiger charge is -2.23. The quantitative estimate of drug-likeness (QED) is 0.733. The predicted molar refractivity (Wildman–Crippen MR) is 89.9 cm³/mol. The van der Waals surface area contributed by atoms with Crippen molar-refractivity contribution < 1.29 is 4.74 Å². The molecule has 1 rings (SSSR count). The van der Waals surface area contributed by atoms with E-state index in [0.29, 0.717) is 30.1 Å². The Morgan fingerprint density at radius 2 is 2.05 bits per heavy atom. The number of nitrogen functional groups attached to an aromatic ring is 1. The van der Waals surface area contributed by atoms with Crippen LogP contribution in [-0.4, -0.2) is 42.7 Å². The maximum absolute atomic E-state index is 5.89. The summed E-state index contributed by atoms with van der Waals surface area (Å²) in [6.45, 7) is 11.1. The molecule has 5 nitrogen and oxygen atoms in total. The Labute approximate surface area is 128 Å². The van der Waals surface area contributed by atoms with E-state index in [9.17, 15) is 0 Å². The molecule has 0 spiro atoms. The molecule has 0 bridgehead atoms. The van der Waals surface area contributed by atoms with E-state index in [1.165, 1.54) is 0 Å². The van der Waals surface area contributed by atoms with E-state index in [-0.39, 0.29) is 0 Å². The highest BCUT2D eigenvalue weighted by atomic mass is 16.5. The van der Waals surface area contributed by atoms with E-state index in [1.54, 1.807) is 0 Å². The van der Waals surface area contributed by atoms with E-state index < -0.39 is 0 Å². The van der Waals surface area contributed by atoms with Crippen molar-refractivity contribution in [3.05, 3.63) is 12.1 Å². The number of ether oxygens (including phenoxy) is 1. The maximum Gasteiger partial charge on any atom is 0.239 e. The van der Waals surface area contributed by atoms with Crippen LogP contribution in [0.25, 0.3) is 0 Å². The number of aromatic nitrogens is 1. The second-order valence-electron chi connectivity index (χ2n) is 5.96. The normalized spacial score (nSPS) is 12.7. The summed E-state index contributed by atoms with van der Waals surface area (Å²) < 4.78 is 5.64. The van der Waals surface area contributed by atoms with Gasteiger partial charge in [-0.1, -0.05) is 20.8 Å². The van der Waals surface area contributed by atoms with Gasteiger partial charge in [-0.05, 0) is 38.4 Å². The molecule has 1 atom stereocenters. The molecule has 120 valence electrons. The summed E-state index contributed by atoms with van der Waals surface area (Å²) in [4.78, 5) is 6.76. The zero-order chi connectivity index (χ0) is 15.8. The van der Waals surface area contributed by atoms with Gasteiger partial charge < -0.3 is 20.7 Å². The number of pyridine rings is 1. The Morgan fingerprint density at radius 1 is 1.33 bits per heavy atom. The number of likely N-dealkylation sites (N-methyl/N-ethyl adjacent to an activating group) is 1. The number of hydrogen-bond acceptors (Lipinski definition) is 5. The minimum absolute atomic E-state index is 0.451. The van der Waals surface area contributed by atoms with Crippen LogP contribution in [-0.2, 0) is 0 Å². The summed E-state index contributed by atoms with van der Waals surface area (Å²) in [5.74, 6) is 1.77. The number of rotatable bonds is 9. The maximum atomic E-state index is 5.89. The molecule has 0 radical (unpaired) electrons. The molecular weight excluding hydrogens is 264 g/mol. The molecular formula is C16H30N4O. The average Bonchev–Trinajstić information content (AvgIpc) is 2.46. The van der Waals surface area contributed by atoms with Crippen LogP contribution in [0.15, 0.2) is 12.1 Å². The Balaban J connectivity index is 2.50. The second-order valence-corrected chi connectivity index (χ2v) is 5.96. The van der Waals surface area contributed by atoms with Crippen LogP contribution in [0, 0.1) is 5.92 Å². The second kappa shape index (κ2) is 8.72. The Morgan fingerprint density at radius 3 is 2.67 bits per heavy atom. The molecule has 1 aromatic rings. The molecule has 0 aromatic carbocycles. The number of nitrogens with one attached hydrogen (secondary N) is 1. The highest BCUT2D eigenvalue weighted by molar-refractivity contribution is 5.53. The highest BCUT2D eigenvalue weighted by Crippen LogP contribution is 2.21. The van der Waals surface area contributed by atoms with Crippen LogP contribution in [0.1, 0.15) is 34.1 Å². The van der Waals surface area contributed by atoms with Gasteiger partial charge in [0, 0.05) is 19.1 Å². The first-order valence-corrected chi connectivity index (χ1v) is 7.77. The molecule has 0 amide bonds. The van der Waals surface area contributed by atoms with Crippen molar-refractivity contribution in [2.75, 3.05) is 37.8 Å². The van der Waals surface area contributed by atoms with Crippen LogP contribution in [0.4, 0.5) is 11.5 Å². The van der Waals surface area contributed by atoms with Crippen molar-refractivity contribution in [3.8, 4) is 5.88 Å². The molecule has 0 aliphatic carbocycles. The van der Waals surface area contributed by atoms with Crippen LogP contribution in [0.2, 0.25) is 0 Å². The van der Waals surface area contributed by atoms with Crippen LogP contribution in [0.5, 0.6) is 5.88 Å². The third kappa shape index (κ3) is 6.21. The molecule has 1 aromatic heterocycles. The molecule has 0 aliphatic rings. The van der Waals surface area contributed by atoms with Crippen molar-refractivity contribution >= 4 is 11.5 Å². The van der Waals surface area contributed by atoms with E-state index in [4.69, 9.17) is 10.5 Å². The van der Waals surface area contributed by atoms with E-state index >= 15 is 0 Å². The summed E-state index contributed by atoms with van der Waals surface area (Å²) in [5, 5.41) is 3.32. The smallest absolute Gasteiger partial charge is 0.239 e. The lowest BCUT2D eigenvalue weighted by molar-refractivity contribution is 0.260. The first-order valence-electron chi connectivity index (χ1n) is 7.77. The van der Waals surface area contributed by atoms with Gasteiger partial charge in [0.05, 0.1) is 12.3 Å². The molecule has 0 aliphatic heterocycles. The summed E-state index contributed by atoms with van der Waals surface area (Å²) in [5.41, 5.74) is 6.47. The molecule has 1 unspecified atom stereocenters. The van der Waals surface area contributed by atoms with Gasteiger partial charge in [0.15, 0.2) is 0 Å². The first kappa shape index (κ1) is 17.6. The Bertz CT molecular complexity index is 423. The monoisotopic (exact) mass is 294 g/mol. The summed E-state index contributed by atoms with van der Waals surface area (Å²) in [7, 11) is 2.14. The van der Waals surface area contributed by atoms with Crippen molar-refractivity contribution in [1.29, 1.82) is 0 Å². The molecule has 0 fully saturated rings. The van der Waals surface area contributed by atoms with Gasteiger partial charge in [-0.3, -0.25) is 0 Å². The Hall–Kier alpha value is -1.49. The molecule has 1 heterocycles. The van der Waals surface area contributed by atoms with E-state index in [0.717, 1.165) is 25.3 Å². The number of nitrogens with two attached hydrogens (primary N) is 1. The van der Waals surface area contributed by atoms with Crippen LogP contribution < -0.4 is 15.8 Å². The summed E-state index contributed by atoms with van der Waals surface area (Å²) in [6, 6.07) is 4.32. The lowest BCUT2D eigenvalue weighted by Crippen LogP contribution is -2.32. The third-order valence-corrected chi connectivity index (χ3v) is 3.56. The highest BCUT2D eigenvalue weighted by Gasteiger charge is 2.08. The predicted octanol–water partition coefficient (Wildman–Crippen LogP) is 2.84. The van der Waals surface area contributed by atoms with Gasteiger partial charge in [0.2, 0.25) is 5.88 Å². The third-order valence-electron chi connectivity index (χ3n) is 3.56. The topological polar surface area (TPSA) is 63.4 Å². The standard InChI is InChI=1S/C16H30N4O/c1-6-13(4)20(5)10-9-18-15-8-7-14(17)16(19-15)21-11-12(2)3/h7-8,12-13H,6,9-11,17H2,1-5H3,(H,18,19). The van der Waals surface area contributed by atoms with Gasteiger partial charge in [-0.25, -0.2) is 0 Å². The zero-order valence-electron chi connectivity index (χ0n) is 14.0. The number of hydrogen-bond donors (Lipinski definition) is 2. The van der Waals surface area contributed by atoms with E-state index in [1.807, 2.05) is 12.1 Å². The lowest BCUT2D eigenvalue weighted by atomic mass is 10.2. The number of anilines is 2. The summed E-state index contributed by atoms with van der Waals surface area (Å²) >= 11 is 0. The SMILES string of the molecule is CCC(C)N(C)CCNc1ccc(N)c(OCC(C)C)n1.